The molecule has 2 amide bonds. The number of carbonyl (C=O) groups excluding carboxylic acids is 3. The fourth-order valence-corrected chi connectivity index (χ4v) is 5.48. The van der Waals surface area contributed by atoms with Gasteiger partial charge in [0.05, 0.1) is 18.1 Å². The van der Waals surface area contributed by atoms with Crippen molar-refractivity contribution in [3.63, 3.8) is 0 Å². The Morgan fingerprint density at radius 1 is 1.28 bits per heavy atom. The van der Waals surface area contributed by atoms with Gasteiger partial charge in [-0.25, -0.2) is 0 Å². The van der Waals surface area contributed by atoms with Crippen LogP contribution in [0.1, 0.15) is 59.3 Å². The number of unbranched alkanes of at least 4 members (excludes halogenated alkanes) is 2. The second-order valence-corrected chi connectivity index (χ2v) is 8.59. The summed E-state index contributed by atoms with van der Waals surface area (Å²) in [5.74, 6) is -2.33. The third-order valence-electron chi connectivity index (χ3n) is 6.70. The second kappa shape index (κ2) is 8.60. The van der Waals surface area contributed by atoms with Crippen molar-refractivity contribution in [2.75, 3.05) is 26.3 Å². The topological polar surface area (TPSA) is 105 Å². The molecule has 3 heterocycles. The number of likely N-dealkylation sites (tertiary alicyclic amines) is 1. The first-order valence-electron chi connectivity index (χ1n) is 10.9. The van der Waals surface area contributed by atoms with Crippen LogP contribution in [0.15, 0.2) is 0 Å². The van der Waals surface area contributed by atoms with Gasteiger partial charge in [0, 0.05) is 19.7 Å². The first-order chi connectivity index (χ1) is 13.9. The third kappa shape index (κ3) is 3.54. The monoisotopic (exact) mass is 410 g/mol. The van der Waals surface area contributed by atoms with E-state index < -0.39 is 35.0 Å². The lowest BCUT2D eigenvalue weighted by Crippen LogP contribution is -2.55. The van der Waals surface area contributed by atoms with E-state index >= 15 is 0 Å². The molecular formula is C21H34N2O6. The van der Waals surface area contributed by atoms with Gasteiger partial charge in [-0.3, -0.25) is 14.4 Å². The van der Waals surface area contributed by atoms with Gasteiger partial charge in [-0.05, 0) is 39.5 Å². The summed E-state index contributed by atoms with van der Waals surface area (Å²) < 4.78 is 11.7. The van der Waals surface area contributed by atoms with Gasteiger partial charge in [-0.2, -0.15) is 0 Å². The van der Waals surface area contributed by atoms with Crippen molar-refractivity contribution in [2.45, 2.75) is 76.5 Å². The van der Waals surface area contributed by atoms with E-state index in [0.29, 0.717) is 25.8 Å². The number of esters is 1. The second-order valence-electron chi connectivity index (χ2n) is 8.59. The summed E-state index contributed by atoms with van der Waals surface area (Å²) in [6, 6.07) is -0.783. The van der Waals surface area contributed by atoms with Crippen molar-refractivity contribution in [2.24, 2.45) is 11.8 Å². The molecule has 0 radical (unpaired) electrons. The van der Waals surface area contributed by atoms with Crippen LogP contribution in [0.25, 0.3) is 0 Å². The predicted molar refractivity (Wildman–Crippen MR) is 105 cm³/mol. The number of ether oxygens (including phenoxy) is 2. The minimum atomic E-state index is -1.01. The largest absolute Gasteiger partial charge is 0.466 e. The number of rotatable bonds is 10. The number of amides is 2. The van der Waals surface area contributed by atoms with Gasteiger partial charge in [-0.15, -0.1) is 0 Å². The lowest BCUT2D eigenvalue weighted by molar-refractivity contribution is -0.159. The molecule has 0 aromatic carbocycles. The van der Waals surface area contributed by atoms with Gasteiger partial charge in [0.2, 0.25) is 11.8 Å². The molecule has 0 aromatic heterocycles. The van der Waals surface area contributed by atoms with Crippen LogP contribution in [0.5, 0.6) is 0 Å². The molecule has 5 atom stereocenters. The summed E-state index contributed by atoms with van der Waals surface area (Å²) in [7, 11) is 0. The van der Waals surface area contributed by atoms with E-state index in [-0.39, 0.29) is 31.6 Å². The Bertz CT molecular complexity index is 655. The summed E-state index contributed by atoms with van der Waals surface area (Å²) in [5, 5.41) is 12.2. The van der Waals surface area contributed by atoms with Crippen LogP contribution < -0.4 is 5.32 Å². The standard InChI is InChI=1S/C21H34N2O6/c1-4-6-7-11-22-17(25)16-21-10-9-20(3,29-21)15(19(27)28-5-2)14(21)18(26)23(16)12-8-13-24/h14-16,24H,4-13H2,1-3H3,(H,22,25)/t14-,15+,16?,20-,21?/m0/s1. The predicted octanol–water partition coefficient (Wildman–Crippen LogP) is 1.00. The molecule has 0 saturated carbocycles. The Labute approximate surface area is 172 Å². The van der Waals surface area contributed by atoms with Crippen LogP contribution in [0.2, 0.25) is 0 Å². The fourth-order valence-electron chi connectivity index (χ4n) is 5.48. The van der Waals surface area contributed by atoms with Gasteiger partial charge in [-0.1, -0.05) is 19.8 Å². The van der Waals surface area contributed by atoms with Crippen LogP contribution in [0, 0.1) is 11.8 Å². The lowest BCUT2D eigenvalue weighted by atomic mass is 9.66. The molecule has 0 aromatic rings. The molecule has 3 aliphatic rings. The van der Waals surface area contributed by atoms with Crippen molar-refractivity contribution in [1.29, 1.82) is 0 Å². The van der Waals surface area contributed by atoms with Crippen LogP contribution in [0.3, 0.4) is 0 Å². The van der Waals surface area contributed by atoms with Crippen molar-refractivity contribution in [3.05, 3.63) is 0 Å². The zero-order chi connectivity index (χ0) is 21.2. The normalized spacial score (nSPS) is 35.1. The highest BCUT2D eigenvalue weighted by atomic mass is 16.6. The first-order valence-corrected chi connectivity index (χ1v) is 10.9. The molecule has 3 aliphatic heterocycles. The Morgan fingerprint density at radius 2 is 2.03 bits per heavy atom. The molecule has 2 bridgehead atoms. The zero-order valence-electron chi connectivity index (χ0n) is 17.7. The van der Waals surface area contributed by atoms with E-state index in [1.807, 2.05) is 6.92 Å². The summed E-state index contributed by atoms with van der Waals surface area (Å²) in [4.78, 5) is 40.9. The van der Waals surface area contributed by atoms with E-state index in [9.17, 15) is 19.5 Å². The molecule has 3 fully saturated rings. The molecule has 1 spiro atoms. The van der Waals surface area contributed by atoms with Gasteiger partial charge < -0.3 is 24.8 Å². The summed E-state index contributed by atoms with van der Waals surface area (Å²) in [6.45, 7) is 6.64. The Morgan fingerprint density at radius 3 is 2.69 bits per heavy atom. The average Bonchev–Trinajstić information content (AvgIpc) is 3.24. The third-order valence-corrected chi connectivity index (χ3v) is 6.70. The number of fused-ring (bicyclic) bond motifs is 1. The minimum absolute atomic E-state index is 0.0772. The summed E-state index contributed by atoms with van der Waals surface area (Å²) in [6.07, 6.45) is 4.47. The van der Waals surface area contributed by atoms with E-state index in [2.05, 4.69) is 12.2 Å². The maximum atomic E-state index is 13.4. The molecular weight excluding hydrogens is 376 g/mol. The maximum absolute atomic E-state index is 13.4. The molecule has 8 nitrogen and oxygen atoms in total. The molecule has 164 valence electrons. The molecule has 0 aliphatic carbocycles. The highest BCUT2D eigenvalue weighted by Crippen LogP contribution is 2.63. The van der Waals surface area contributed by atoms with E-state index in [1.54, 1.807) is 6.92 Å². The van der Waals surface area contributed by atoms with E-state index in [4.69, 9.17) is 9.47 Å². The van der Waals surface area contributed by atoms with E-state index in [0.717, 1.165) is 19.3 Å². The number of hydrogen-bond acceptors (Lipinski definition) is 6. The number of aliphatic hydroxyl groups excluding tert-OH is 1. The molecule has 29 heavy (non-hydrogen) atoms. The average molecular weight is 411 g/mol. The van der Waals surface area contributed by atoms with E-state index in [1.165, 1.54) is 4.90 Å². The lowest BCUT2D eigenvalue weighted by Gasteiger charge is -2.33. The Hall–Kier alpha value is -1.67. The summed E-state index contributed by atoms with van der Waals surface area (Å²) >= 11 is 0. The summed E-state index contributed by atoms with van der Waals surface area (Å²) in [5.41, 5.74) is -1.80. The van der Waals surface area contributed by atoms with Crippen molar-refractivity contribution in [1.82, 2.24) is 10.2 Å². The molecule has 2 N–H and O–H groups in total. The highest BCUT2D eigenvalue weighted by molar-refractivity contribution is 5.98. The van der Waals surface area contributed by atoms with Gasteiger partial charge in [0.1, 0.15) is 17.6 Å². The first kappa shape index (κ1) is 22.0. The number of hydrogen-bond donors (Lipinski definition) is 2. The Kier molecular flexibility index (Phi) is 6.53. The number of nitrogens with zero attached hydrogens (tertiary/aromatic N) is 1. The number of aliphatic hydroxyl groups is 1. The van der Waals surface area contributed by atoms with Gasteiger partial charge in [0.15, 0.2) is 0 Å². The molecule has 2 unspecified atom stereocenters. The van der Waals surface area contributed by atoms with Gasteiger partial charge in [0.25, 0.3) is 0 Å². The maximum Gasteiger partial charge on any atom is 0.312 e. The molecule has 3 saturated heterocycles. The van der Waals surface area contributed by atoms with Crippen LogP contribution in [-0.4, -0.2) is 71.3 Å². The van der Waals surface area contributed by atoms with Crippen LogP contribution in [-0.2, 0) is 23.9 Å². The quantitative estimate of drug-likeness (QED) is 0.411. The number of carbonyl (C=O) groups is 3. The molecule has 3 rings (SSSR count). The molecule has 8 heteroatoms. The highest BCUT2D eigenvalue weighted by Gasteiger charge is 2.78. The smallest absolute Gasteiger partial charge is 0.312 e. The van der Waals surface area contributed by atoms with Gasteiger partial charge >= 0.3 is 5.97 Å². The van der Waals surface area contributed by atoms with Crippen molar-refractivity contribution < 1.29 is 29.0 Å². The zero-order valence-corrected chi connectivity index (χ0v) is 17.7. The van der Waals surface area contributed by atoms with Crippen LogP contribution in [0.4, 0.5) is 0 Å². The fraction of sp³-hybridized carbons (Fsp3) is 0.857. The Balaban J connectivity index is 1.91. The van der Waals surface area contributed by atoms with Crippen molar-refractivity contribution in [3.8, 4) is 0 Å². The number of nitrogens with one attached hydrogen (secondary N) is 1. The van der Waals surface area contributed by atoms with Crippen LogP contribution >= 0.6 is 0 Å². The van der Waals surface area contributed by atoms with Crippen molar-refractivity contribution >= 4 is 17.8 Å². The SMILES string of the molecule is CCCCCNC(=O)C1N(CCCO)C(=O)[C@@H]2[C@H](C(=O)OCC)[C@]3(C)CCC12O3. The minimum Gasteiger partial charge on any atom is -0.466 e.